The molecule has 178 valence electrons. The first-order valence-corrected chi connectivity index (χ1v) is 11.1. The summed E-state index contributed by atoms with van der Waals surface area (Å²) in [7, 11) is 0. The molecule has 3 rings (SSSR count). The van der Waals surface area contributed by atoms with Crippen LogP contribution in [0.15, 0.2) is 42.5 Å². The summed E-state index contributed by atoms with van der Waals surface area (Å²) in [5.74, 6) is 0.833. The Hall–Kier alpha value is -1.71. The highest BCUT2D eigenvalue weighted by Gasteiger charge is 2.37. The van der Waals surface area contributed by atoms with Gasteiger partial charge in [0.15, 0.2) is 0 Å². The molecular weight excluding hydrogens is 436 g/mol. The quantitative estimate of drug-likeness (QED) is 0.422. The van der Waals surface area contributed by atoms with Crippen LogP contribution in [0, 0.1) is 0 Å². The van der Waals surface area contributed by atoms with Gasteiger partial charge in [-0.3, -0.25) is 0 Å². The zero-order valence-electron chi connectivity index (χ0n) is 18.4. The van der Waals surface area contributed by atoms with Gasteiger partial charge < -0.3 is 35.0 Å². The molecule has 0 saturated carbocycles. The molecule has 4 unspecified atom stereocenters. The summed E-state index contributed by atoms with van der Waals surface area (Å²) in [5, 5.41) is 46.0. The molecule has 1 aliphatic heterocycles. The molecule has 1 saturated heterocycles. The van der Waals surface area contributed by atoms with Crippen molar-refractivity contribution in [1.82, 2.24) is 0 Å². The Labute approximate surface area is 193 Å². The molecule has 2 aromatic carbocycles. The van der Waals surface area contributed by atoms with Crippen molar-refractivity contribution in [3.63, 3.8) is 0 Å². The van der Waals surface area contributed by atoms with E-state index in [0.29, 0.717) is 18.1 Å². The summed E-state index contributed by atoms with van der Waals surface area (Å²) in [4.78, 5) is 0. The number of benzene rings is 2. The Morgan fingerprint density at radius 1 is 1.12 bits per heavy atom. The number of halogens is 1. The first-order chi connectivity index (χ1) is 15.3. The molecule has 0 amide bonds. The van der Waals surface area contributed by atoms with Gasteiger partial charge in [0, 0.05) is 11.4 Å². The predicted octanol–water partition coefficient (Wildman–Crippen LogP) is 2.23. The number of aliphatic hydroxyl groups excluding tert-OH is 5. The van der Waals surface area contributed by atoms with Crippen LogP contribution in [0.1, 0.15) is 43.1 Å². The predicted molar refractivity (Wildman–Crippen MR) is 122 cm³/mol. The van der Waals surface area contributed by atoms with E-state index in [1.54, 1.807) is 0 Å². The summed E-state index contributed by atoms with van der Waals surface area (Å²) in [6, 6.07) is 13.5. The second-order valence-electron chi connectivity index (χ2n) is 7.78. The maximum Gasteiger partial charge on any atom is 0.119 e. The summed E-state index contributed by atoms with van der Waals surface area (Å²) >= 11 is 6.38. The van der Waals surface area contributed by atoms with Crippen LogP contribution in [-0.2, 0) is 11.2 Å². The molecule has 0 bridgehead atoms. The first kappa shape index (κ1) is 26.5. The molecule has 0 aromatic heterocycles. The molecule has 2 aromatic rings. The number of hydrogen-bond acceptors (Lipinski definition) is 7. The summed E-state index contributed by atoms with van der Waals surface area (Å²) in [5.41, 5.74) is 2.92. The van der Waals surface area contributed by atoms with Crippen molar-refractivity contribution in [1.29, 1.82) is 0 Å². The minimum absolute atomic E-state index is 0.139. The van der Waals surface area contributed by atoms with Crippen molar-refractivity contribution in [3.05, 3.63) is 64.2 Å². The van der Waals surface area contributed by atoms with E-state index in [4.69, 9.17) is 31.3 Å². The van der Waals surface area contributed by atoms with E-state index in [1.807, 2.05) is 49.4 Å². The number of ether oxygens (including phenoxy) is 2. The van der Waals surface area contributed by atoms with E-state index < -0.39 is 30.5 Å². The lowest BCUT2D eigenvalue weighted by molar-refractivity contribution is -0.181. The van der Waals surface area contributed by atoms with E-state index in [2.05, 4.69) is 0 Å². The zero-order chi connectivity index (χ0) is 23.7. The van der Waals surface area contributed by atoms with Crippen LogP contribution in [0.3, 0.4) is 0 Å². The van der Waals surface area contributed by atoms with Crippen molar-refractivity contribution in [2.45, 2.75) is 57.2 Å². The standard InChI is InChI=1S/C21H25ClO5.C3H8O2/c1-2-26-16-6-3-13(4-7-16)9-15-10-14(5-8-17(15)22)19-11-18(24)21(25)20(12-23)27-19;1-3(5)2-4/h3-8,10,18-21,23-25H,2,9,11-12H2,1H3;3-5H,2H2,1H3/t18?,19?,20?,21-;/m0./s1. The molecule has 0 radical (unpaired) electrons. The largest absolute Gasteiger partial charge is 0.494 e. The first-order valence-electron chi connectivity index (χ1n) is 10.7. The Balaban J connectivity index is 0.000000654. The van der Waals surface area contributed by atoms with Gasteiger partial charge in [-0.2, -0.15) is 0 Å². The second-order valence-corrected chi connectivity index (χ2v) is 8.18. The fourth-order valence-corrected chi connectivity index (χ4v) is 3.52. The van der Waals surface area contributed by atoms with Crippen LogP contribution < -0.4 is 4.74 Å². The number of hydrogen-bond donors (Lipinski definition) is 5. The van der Waals surface area contributed by atoms with Crippen LogP contribution in [0.2, 0.25) is 5.02 Å². The van der Waals surface area contributed by atoms with Gasteiger partial charge in [-0.25, -0.2) is 0 Å². The lowest BCUT2D eigenvalue weighted by atomic mass is 9.92. The van der Waals surface area contributed by atoms with Crippen LogP contribution in [0.25, 0.3) is 0 Å². The van der Waals surface area contributed by atoms with Gasteiger partial charge in [-0.05, 0) is 55.2 Å². The normalized spacial score (nSPS) is 23.8. The topological polar surface area (TPSA) is 120 Å². The third-order valence-electron chi connectivity index (χ3n) is 5.08. The zero-order valence-corrected chi connectivity index (χ0v) is 19.2. The van der Waals surface area contributed by atoms with Crippen molar-refractivity contribution < 1.29 is 35.0 Å². The monoisotopic (exact) mass is 468 g/mol. The van der Waals surface area contributed by atoms with Gasteiger partial charge in [-0.1, -0.05) is 35.9 Å². The third-order valence-corrected chi connectivity index (χ3v) is 5.45. The minimum atomic E-state index is -1.08. The Bertz CT molecular complexity index is 812. The van der Waals surface area contributed by atoms with E-state index >= 15 is 0 Å². The number of aliphatic hydroxyl groups is 5. The molecule has 5 atom stereocenters. The van der Waals surface area contributed by atoms with E-state index in [0.717, 1.165) is 22.4 Å². The van der Waals surface area contributed by atoms with Crippen molar-refractivity contribution in [2.24, 2.45) is 0 Å². The Morgan fingerprint density at radius 2 is 1.78 bits per heavy atom. The van der Waals surface area contributed by atoms with E-state index in [1.165, 1.54) is 6.92 Å². The molecule has 8 heteroatoms. The summed E-state index contributed by atoms with van der Waals surface area (Å²) in [6.07, 6.45) is -2.87. The molecule has 32 heavy (non-hydrogen) atoms. The van der Waals surface area contributed by atoms with Gasteiger partial charge in [0.1, 0.15) is 18.0 Å². The highest BCUT2D eigenvalue weighted by atomic mass is 35.5. The highest BCUT2D eigenvalue weighted by molar-refractivity contribution is 6.31. The van der Waals surface area contributed by atoms with Gasteiger partial charge in [0.05, 0.1) is 38.1 Å². The smallest absolute Gasteiger partial charge is 0.119 e. The average molecular weight is 469 g/mol. The Morgan fingerprint density at radius 3 is 2.34 bits per heavy atom. The molecule has 0 aliphatic carbocycles. The molecule has 1 fully saturated rings. The van der Waals surface area contributed by atoms with E-state index in [9.17, 15) is 15.3 Å². The number of rotatable bonds is 7. The third kappa shape index (κ3) is 7.71. The lowest BCUT2D eigenvalue weighted by Crippen LogP contribution is -2.47. The summed E-state index contributed by atoms with van der Waals surface area (Å²) < 4.78 is 11.2. The van der Waals surface area contributed by atoms with Crippen LogP contribution in [0.5, 0.6) is 5.75 Å². The van der Waals surface area contributed by atoms with Crippen molar-refractivity contribution >= 4 is 11.6 Å². The molecular formula is C24H33ClO7. The molecule has 7 nitrogen and oxygen atoms in total. The van der Waals surface area contributed by atoms with Gasteiger partial charge in [0.2, 0.25) is 0 Å². The van der Waals surface area contributed by atoms with Gasteiger partial charge in [0.25, 0.3) is 0 Å². The van der Waals surface area contributed by atoms with Crippen molar-refractivity contribution in [3.8, 4) is 5.75 Å². The average Bonchev–Trinajstić information content (AvgIpc) is 2.79. The maximum absolute atomic E-state index is 10.1. The maximum atomic E-state index is 10.1. The van der Waals surface area contributed by atoms with Crippen molar-refractivity contribution in [2.75, 3.05) is 19.8 Å². The second kappa shape index (κ2) is 13.1. The lowest BCUT2D eigenvalue weighted by Gasteiger charge is -2.36. The fraction of sp³-hybridized carbons (Fsp3) is 0.500. The fourth-order valence-electron chi connectivity index (χ4n) is 3.34. The Kier molecular flexibility index (Phi) is 10.9. The van der Waals surface area contributed by atoms with Crippen LogP contribution in [-0.4, -0.2) is 69.8 Å². The highest BCUT2D eigenvalue weighted by Crippen LogP contribution is 2.34. The van der Waals surface area contributed by atoms with Gasteiger partial charge in [-0.15, -0.1) is 0 Å². The summed E-state index contributed by atoms with van der Waals surface area (Å²) in [6.45, 7) is 3.62. The van der Waals surface area contributed by atoms with Crippen LogP contribution >= 0.6 is 11.6 Å². The molecule has 0 spiro atoms. The van der Waals surface area contributed by atoms with E-state index in [-0.39, 0.29) is 19.6 Å². The van der Waals surface area contributed by atoms with Crippen LogP contribution in [0.4, 0.5) is 0 Å². The minimum Gasteiger partial charge on any atom is -0.494 e. The SMILES string of the molecule is CC(O)CO.CCOc1ccc(Cc2cc(C3CC(O)[C@H](O)C(CO)O3)ccc2Cl)cc1. The molecule has 5 N–H and O–H groups in total. The molecule has 1 aliphatic rings. The molecule has 1 heterocycles. The van der Waals surface area contributed by atoms with Gasteiger partial charge >= 0.3 is 0 Å².